The predicted octanol–water partition coefficient (Wildman–Crippen LogP) is 4.34. The molecule has 1 aliphatic heterocycles. The zero-order valence-corrected chi connectivity index (χ0v) is 21.2. The first-order valence-corrected chi connectivity index (χ1v) is 12.6. The number of hydrogen-bond donors (Lipinski definition) is 1. The van der Waals surface area contributed by atoms with Gasteiger partial charge >= 0.3 is 6.18 Å². The lowest BCUT2D eigenvalue weighted by Gasteiger charge is -2.40. The molecule has 0 amide bonds. The summed E-state index contributed by atoms with van der Waals surface area (Å²) in [5.74, 6) is -0.532. The molecule has 3 aromatic rings. The second kappa shape index (κ2) is 9.08. The van der Waals surface area contributed by atoms with E-state index in [1.165, 1.54) is 37.5 Å². The number of benzene rings is 1. The van der Waals surface area contributed by atoms with Crippen molar-refractivity contribution in [3.63, 3.8) is 0 Å². The highest BCUT2D eigenvalue weighted by Crippen LogP contribution is 2.40. The van der Waals surface area contributed by atoms with E-state index in [4.69, 9.17) is 10.3 Å². The van der Waals surface area contributed by atoms with E-state index in [2.05, 4.69) is 29.2 Å². The molecule has 4 rings (SSSR count). The van der Waals surface area contributed by atoms with Gasteiger partial charge in [-0.05, 0) is 39.0 Å². The summed E-state index contributed by atoms with van der Waals surface area (Å²) in [6, 6.07) is 5.75. The van der Waals surface area contributed by atoms with Gasteiger partial charge in [0.2, 0.25) is 5.88 Å². The minimum atomic E-state index is -4.50. The summed E-state index contributed by atoms with van der Waals surface area (Å²) in [7, 11) is -1.43. The third kappa shape index (κ3) is 5.02. The lowest BCUT2D eigenvalue weighted by atomic mass is 9.91. The minimum Gasteiger partial charge on any atom is -0.467 e. The maximum Gasteiger partial charge on any atom is 0.422 e. The van der Waals surface area contributed by atoms with E-state index in [1.807, 2.05) is 0 Å². The first kappa shape index (κ1) is 26.5. The molecule has 0 spiro atoms. The highest BCUT2D eigenvalue weighted by molar-refractivity contribution is 7.95. The smallest absolute Gasteiger partial charge is 0.422 e. The molecule has 9 nitrogen and oxygen atoms in total. The van der Waals surface area contributed by atoms with Crippen LogP contribution in [0, 0.1) is 5.82 Å². The molecule has 0 bridgehead atoms. The monoisotopic (exact) mass is 540 g/mol. The molecule has 37 heavy (non-hydrogen) atoms. The SMILES string of the molecule is CN=[S@@]1(=O)C[C@@](C)(c2cc(-c3cc(-c4cnc(OCC(F)(F)F)cn4)no3)ccc2F)N=C(N)C1(C)C. The first-order valence-electron chi connectivity index (χ1n) is 10.9. The highest BCUT2D eigenvalue weighted by Gasteiger charge is 2.47. The number of amidine groups is 1. The Morgan fingerprint density at radius 1 is 1.16 bits per heavy atom. The molecule has 1 aliphatic rings. The molecule has 0 saturated carbocycles. The van der Waals surface area contributed by atoms with Crippen LogP contribution in [0.5, 0.6) is 5.88 Å². The average molecular weight is 541 g/mol. The van der Waals surface area contributed by atoms with Gasteiger partial charge in [0.05, 0.1) is 27.9 Å². The van der Waals surface area contributed by atoms with Gasteiger partial charge in [-0.25, -0.2) is 22.9 Å². The fourth-order valence-electron chi connectivity index (χ4n) is 3.89. The number of hydrogen-bond acceptors (Lipinski definition) is 9. The Morgan fingerprint density at radius 3 is 2.51 bits per heavy atom. The fraction of sp³-hybridized carbons (Fsp3) is 0.391. The van der Waals surface area contributed by atoms with Crippen molar-refractivity contribution in [2.45, 2.75) is 37.2 Å². The van der Waals surface area contributed by atoms with Crippen LogP contribution in [0.4, 0.5) is 17.6 Å². The van der Waals surface area contributed by atoms with Crippen molar-refractivity contribution in [2.75, 3.05) is 19.4 Å². The molecule has 2 aromatic heterocycles. The standard InChI is InChI=1S/C23H24F4N6O3S/c1-21(2)20(28)32-22(3,12-37(21,34)29-4)14-7-13(5-6-15(14)24)18-8-16(33-36-18)17-9-31-19(10-30-17)35-11-23(25,26)27/h5-10H,11-12H2,1-4H3,(H2,28,32)/t22-,37+/m0/s1. The van der Waals surface area contributed by atoms with Gasteiger partial charge in [0.15, 0.2) is 12.4 Å². The number of aromatic nitrogens is 3. The van der Waals surface area contributed by atoms with Gasteiger partial charge in [-0.15, -0.1) is 0 Å². The van der Waals surface area contributed by atoms with Crippen LogP contribution in [-0.2, 0) is 15.3 Å². The Hall–Kier alpha value is -3.55. The van der Waals surface area contributed by atoms with Gasteiger partial charge in [0.1, 0.15) is 33.3 Å². The van der Waals surface area contributed by atoms with E-state index >= 15 is 4.39 Å². The Bertz CT molecular complexity index is 1480. The number of nitrogens with two attached hydrogens (primary N) is 1. The van der Waals surface area contributed by atoms with Gasteiger partial charge in [-0.2, -0.15) is 13.2 Å². The molecule has 1 aromatic carbocycles. The molecule has 198 valence electrons. The summed E-state index contributed by atoms with van der Waals surface area (Å²) < 4.78 is 78.7. The molecule has 0 aliphatic carbocycles. The molecule has 2 N–H and O–H groups in total. The van der Waals surface area contributed by atoms with Crippen molar-refractivity contribution >= 4 is 15.6 Å². The van der Waals surface area contributed by atoms with Gasteiger partial charge in [0.25, 0.3) is 0 Å². The highest BCUT2D eigenvalue weighted by atomic mass is 32.2. The Morgan fingerprint density at radius 2 is 1.89 bits per heavy atom. The molecule has 3 heterocycles. The fourth-order valence-corrected chi connectivity index (χ4v) is 6.19. The third-order valence-corrected chi connectivity index (χ3v) is 9.52. The average Bonchev–Trinajstić information content (AvgIpc) is 3.32. The predicted molar refractivity (Wildman–Crippen MR) is 129 cm³/mol. The van der Waals surface area contributed by atoms with Crippen LogP contribution in [0.2, 0.25) is 0 Å². The van der Waals surface area contributed by atoms with Crippen molar-refractivity contribution in [2.24, 2.45) is 15.1 Å². The number of ether oxygens (including phenoxy) is 1. The maximum absolute atomic E-state index is 15.1. The van der Waals surface area contributed by atoms with Crippen molar-refractivity contribution < 1.29 is 31.0 Å². The van der Waals surface area contributed by atoms with Crippen LogP contribution in [0.3, 0.4) is 0 Å². The van der Waals surface area contributed by atoms with Crippen LogP contribution in [0.15, 0.2) is 50.5 Å². The van der Waals surface area contributed by atoms with E-state index < -0.39 is 38.6 Å². The summed E-state index contributed by atoms with van der Waals surface area (Å²) in [6.07, 6.45) is -2.27. The molecule has 2 atom stereocenters. The van der Waals surface area contributed by atoms with Crippen molar-refractivity contribution in [3.8, 4) is 28.6 Å². The Balaban J connectivity index is 1.65. The number of alkyl halides is 3. The van der Waals surface area contributed by atoms with Crippen LogP contribution in [-0.4, -0.2) is 55.5 Å². The summed E-state index contributed by atoms with van der Waals surface area (Å²) in [5, 5.41) is 3.93. The number of aliphatic imine (C=N–C) groups is 1. The van der Waals surface area contributed by atoms with E-state index in [-0.39, 0.29) is 40.2 Å². The maximum atomic E-state index is 15.1. The summed E-state index contributed by atoms with van der Waals surface area (Å²) in [6.45, 7) is 3.55. The number of rotatable bonds is 5. The normalized spacial score (nSPS) is 23.4. The molecule has 14 heteroatoms. The Labute approximate surface area is 210 Å². The van der Waals surface area contributed by atoms with E-state index in [9.17, 15) is 17.4 Å². The summed E-state index contributed by atoms with van der Waals surface area (Å²) in [5.41, 5.74) is 6.00. The molecular formula is C23H24F4N6O3S. The second-order valence-corrected chi connectivity index (χ2v) is 12.1. The van der Waals surface area contributed by atoms with Crippen LogP contribution in [0.25, 0.3) is 22.7 Å². The van der Waals surface area contributed by atoms with E-state index in [0.29, 0.717) is 5.56 Å². The molecular weight excluding hydrogens is 516 g/mol. The quantitative estimate of drug-likeness (QED) is 0.477. The second-order valence-electron chi connectivity index (χ2n) is 9.16. The molecule has 0 unspecified atom stereocenters. The van der Waals surface area contributed by atoms with Crippen molar-refractivity contribution in [1.82, 2.24) is 15.1 Å². The lowest BCUT2D eigenvalue weighted by Crippen LogP contribution is -2.54. The zero-order chi connectivity index (χ0) is 27.2. The van der Waals surface area contributed by atoms with Crippen molar-refractivity contribution in [3.05, 3.63) is 48.0 Å². The number of nitrogens with zero attached hydrogens (tertiary/aromatic N) is 5. The molecule has 0 saturated heterocycles. The van der Waals surface area contributed by atoms with Crippen LogP contribution < -0.4 is 10.5 Å². The van der Waals surface area contributed by atoms with Gasteiger partial charge in [0, 0.05) is 24.2 Å². The zero-order valence-electron chi connectivity index (χ0n) is 20.3. The summed E-state index contributed by atoms with van der Waals surface area (Å²) >= 11 is 0. The topological polar surface area (TPSA) is 129 Å². The van der Waals surface area contributed by atoms with Gasteiger partial charge in [-0.3, -0.25) is 4.99 Å². The van der Waals surface area contributed by atoms with Crippen LogP contribution in [0.1, 0.15) is 26.3 Å². The van der Waals surface area contributed by atoms with Gasteiger partial charge < -0.3 is 15.0 Å². The summed E-state index contributed by atoms with van der Waals surface area (Å²) in [4.78, 5) is 12.3. The Kier molecular flexibility index (Phi) is 6.51. The molecule has 0 fully saturated rings. The van der Waals surface area contributed by atoms with Gasteiger partial charge in [-0.1, -0.05) is 5.16 Å². The molecule has 0 radical (unpaired) electrons. The van der Waals surface area contributed by atoms with E-state index in [0.717, 1.165) is 6.20 Å². The lowest BCUT2D eigenvalue weighted by molar-refractivity contribution is -0.154. The van der Waals surface area contributed by atoms with E-state index in [1.54, 1.807) is 20.8 Å². The van der Waals surface area contributed by atoms with Crippen molar-refractivity contribution in [1.29, 1.82) is 0 Å². The first-order chi connectivity index (χ1) is 17.2. The third-order valence-electron chi connectivity index (χ3n) is 6.17. The minimum absolute atomic E-state index is 0.0371. The number of halogens is 4. The van der Waals surface area contributed by atoms with Crippen LogP contribution >= 0.6 is 0 Å². The largest absolute Gasteiger partial charge is 0.467 e.